The largest absolute Gasteiger partial charge is 0.508 e. The van der Waals surface area contributed by atoms with Crippen LogP contribution in [0.5, 0.6) is 5.75 Å². The fraction of sp³-hybridized carbons (Fsp3) is 0.333. The molecule has 0 fully saturated rings. The lowest BCUT2D eigenvalue weighted by atomic mass is 10.1. The molecule has 4 heteroatoms. The van der Waals surface area contributed by atoms with Crippen LogP contribution in [0.4, 0.5) is 0 Å². The van der Waals surface area contributed by atoms with Crippen molar-refractivity contribution in [1.29, 1.82) is 0 Å². The first-order valence-electron chi connectivity index (χ1n) is 3.86. The van der Waals surface area contributed by atoms with Gasteiger partial charge in [-0.1, -0.05) is 12.1 Å². The highest BCUT2D eigenvalue weighted by molar-refractivity contribution is 5.85. The Morgan fingerprint density at radius 2 is 1.77 bits per heavy atom. The van der Waals surface area contributed by atoms with E-state index in [0.29, 0.717) is 6.42 Å². The van der Waals surface area contributed by atoms with Crippen LogP contribution in [0.1, 0.15) is 5.56 Å². The number of phenolic OH excluding ortho intramolecular Hbond substituents is 1. The molecule has 13 heavy (non-hydrogen) atoms. The number of benzene rings is 1. The summed E-state index contributed by atoms with van der Waals surface area (Å²) in [5.41, 5.74) is 6.55. The topological polar surface area (TPSA) is 66.5 Å². The summed E-state index contributed by atoms with van der Waals surface area (Å²) in [6.45, 7) is -0.0130. The summed E-state index contributed by atoms with van der Waals surface area (Å²) >= 11 is 0. The molecule has 0 aliphatic heterocycles. The Bertz CT molecular complexity index is 238. The lowest BCUT2D eigenvalue weighted by Crippen LogP contribution is -2.26. The molecule has 4 N–H and O–H groups in total. The van der Waals surface area contributed by atoms with Crippen LogP contribution >= 0.6 is 12.4 Å². The number of hydrogen-bond acceptors (Lipinski definition) is 3. The van der Waals surface area contributed by atoms with Crippen molar-refractivity contribution in [3.05, 3.63) is 29.8 Å². The summed E-state index contributed by atoms with van der Waals surface area (Å²) in [4.78, 5) is 0. The number of aromatic hydroxyl groups is 1. The zero-order valence-corrected chi connectivity index (χ0v) is 8.00. The average molecular weight is 204 g/mol. The molecule has 0 saturated heterocycles. The number of aliphatic hydroxyl groups excluding tert-OH is 1. The predicted molar refractivity (Wildman–Crippen MR) is 54.1 cm³/mol. The molecule has 3 nitrogen and oxygen atoms in total. The molecule has 74 valence electrons. The Hall–Kier alpha value is -0.770. The first kappa shape index (κ1) is 12.2. The van der Waals surface area contributed by atoms with Gasteiger partial charge in [-0.05, 0) is 24.1 Å². The van der Waals surface area contributed by atoms with E-state index < -0.39 is 0 Å². The maximum atomic E-state index is 8.97. The van der Waals surface area contributed by atoms with E-state index in [4.69, 9.17) is 15.9 Å². The molecule has 0 aliphatic rings. The molecule has 0 amide bonds. The van der Waals surface area contributed by atoms with E-state index >= 15 is 0 Å². The molecule has 1 rings (SSSR count). The molecule has 1 aromatic rings. The van der Waals surface area contributed by atoms with E-state index in [2.05, 4.69) is 0 Å². The van der Waals surface area contributed by atoms with Crippen molar-refractivity contribution in [2.45, 2.75) is 12.5 Å². The fourth-order valence-electron chi connectivity index (χ4n) is 0.999. The van der Waals surface area contributed by atoms with E-state index in [0.717, 1.165) is 5.56 Å². The normalized spacial score (nSPS) is 11.8. The number of phenols is 1. The summed E-state index contributed by atoms with van der Waals surface area (Å²) in [5.74, 6) is 0.247. The Balaban J connectivity index is 0.00000144. The van der Waals surface area contributed by atoms with Gasteiger partial charge >= 0.3 is 0 Å². The van der Waals surface area contributed by atoms with Crippen molar-refractivity contribution in [1.82, 2.24) is 0 Å². The van der Waals surface area contributed by atoms with Crippen molar-refractivity contribution < 1.29 is 10.2 Å². The van der Waals surface area contributed by atoms with Crippen LogP contribution in [0.3, 0.4) is 0 Å². The summed E-state index contributed by atoms with van der Waals surface area (Å²) in [5, 5.41) is 17.6. The van der Waals surface area contributed by atoms with Gasteiger partial charge in [0.25, 0.3) is 0 Å². The van der Waals surface area contributed by atoms with Gasteiger partial charge in [-0.15, -0.1) is 12.4 Å². The van der Waals surface area contributed by atoms with Crippen LogP contribution in [0.25, 0.3) is 0 Å². The second-order valence-corrected chi connectivity index (χ2v) is 2.81. The quantitative estimate of drug-likeness (QED) is 0.677. The minimum atomic E-state index is -0.213. The minimum absolute atomic E-state index is 0. The van der Waals surface area contributed by atoms with Crippen molar-refractivity contribution in [2.75, 3.05) is 6.61 Å². The molecule has 0 bridgehead atoms. The van der Waals surface area contributed by atoms with Crippen LogP contribution in [-0.2, 0) is 6.42 Å². The van der Waals surface area contributed by atoms with Gasteiger partial charge in [-0.25, -0.2) is 0 Å². The summed E-state index contributed by atoms with van der Waals surface area (Å²) in [6, 6.07) is 6.60. The van der Waals surface area contributed by atoms with Crippen molar-refractivity contribution >= 4 is 12.4 Å². The standard InChI is InChI=1S/C9H13NO2.ClH/c10-8(6-11)5-7-1-3-9(12)4-2-7;/h1-4,8,11-12H,5-6,10H2;1H. The molecule has 1 atom stereocenters. The van der Waals surface area contributed by atoms with Gasteiger partial charge < -0.3 is 15.9 Å². The highest BCUT2D eigenvalue weighted by Gasteiger charge is 2.01. The number of rotatable bonds is 3. The van der Waals surface area contributed by atoms with E-state index in [-0.39, 0.29) is 30.8 Å². The van der Waals surface area contributed by atoms with E-state index in [1.54, 1.807) is 24.3 Å². The molecule has 0 radical (unpaired) electrons. The van der Waals surface area contributed by atoms with Crippen LogP contribution in [0.15, 0.2) is 24.3 Å². The van der Waals surface area contributed by atoms with Gasteiger partial charge in [0.05, 0.1) is 6.61 Å². The first-order valence-corrected chi connectivity index (χ1v) is 3.86. The zero-order valence-electron chi connectivity index (χ0n) is 7.18. The van der Waals surface area contributed by atoms with Crippen molar-refractivity contribution in [3.8, 4) is 5.75 Å². The van der Waals surface area contributed by atoms with E-state index in [1.165, 1.54) is 0 Å². The number of halogens is 1. The number of hydrogen-bond donors (Lipinski definition) is 3. The second kappa shape index (κ2) is 5.80. The summed E-state index contributed by atoms with van der Waals surface area (Å²) < 4.78 is 0. The molecule has 0 saturated carbocycles. The lowest BCUT2D eigenvalue weighted by Gasteiger charge is -2.07. The van der Waals surface area contributed by atoms with Crippen LogP contribution in [0, 0.1) is 0 Å². The Labute approximate surface area is 83.6 Å². The molecule has 0 spiro atoms. The van der Waals surface area contributed by atoms with E-state index in [1.807, 2.05) is 0 Å². The van der Waals surface area contributed by atoms with Gasteiger partial charge in [0.2, 0.25) is 0 Å². The molecular formula is C9H14ClNO2. The summed E-state index contributed by atoms with van der Waals surface area (Å²) in [6.07, 6.45) is 0.636. The molecule has 0 aliphatic carbocycles. The highest BCUT2D eigenvalue weighted by atomic mass is 35.5. The van der Waals surface area contributed by atoms with E-state index in [9.17, 15) is 0 Å². The van der Waals surface area contributed by atoms with Crippen LogP contribution < -0.4 is 5.73 Å². The van der Waals surface area contributed by atoms with Crippen LogP contribution in [0.2, 0.25) is 0 Å². The van der Waals surface area contributed by atoms with Gasteiger partial charge in [0, 0.05) is 6.04 Å². The van der Waals surface area contributed by atoms with Gasteiger partial charge in [-0.2, -0.15) is 0 Å². The van der Waals surface area contributed by atoms with Gasteiger partial charge in [-0.3, -0.25) is 0 Å². The third-order valence-corrected chi connectivity index (χ3v) is 1.67. The Morgan fingerprint density at radius 1 is 1.23 bits per heavy atom. The zero-order chi connectivity index (χ0) is 8.97. The van der Waals surface area contributed by atoms with Crippen LogP contribution in [-0.4, -0.2) is 22.9 Å². The average Bonchev–Trinajstić information content (AvgIpc) is 2.09. The molecule has 1 aromatic carbocycles. The van der Waals surface area contributed by atoms with Gasteiger partial charge in [0.1, 0.15) is 5.75 Å². The monoisotopic (exact) mass is 203 g/mol. The number of aliphatic hydroxyl groups is 1. The molecule has 0 aromatic heterocycles. The molecule has 0 heterocycles. The smallest absolute Gasteiger partial charge is 0.115 e. The Kier molecular flexibility index (Phi) is 5.46. The third-order valence-electron chi connectivity index (χ3n) is 1.67. The summed E-state index contributed by atoms with van der Waals surface area (Å²) in [7, 11) is 0. The lowest BCUT2D eigenvalue weighted by molar-refractivity contribution is 0.265. The van der Waals surface area contributed by atoms with Crippen molar-refractivity contribution in [2.24, 2.45) is 5.73 Å². The van der Waals surface area contributed by atoms with Gasteiger partial charge in [0.15, 0.2) is 0 Å². The fourth-order valence-corrected chi connectivity index (χ4v) is 0.999. The maximum absolute atomic E-state index is 8.97. The second-order valence-electron chi connectivity index (χ2n) is 2.81. The predicted octanol–water partition coefficient (Wildman–Crippen LogP) is 0.676. The Morgan fingerprint density at radius 3 is 2.23 bits per heavy atom. The van der Waals surface area contributed by atoms with Crippen molar-refractivity contribution in [3.63, 3.8) is 0 Å². The molecule has 1 unspecified atom stereocenters. The minimum Gasteiger partial charge on any atom is -0.508 e. The number of nitrogens with two attached hydrogens (primary N) is 1. The third kappa shape index (κ3) is 4.12. The SMILES string of the molecule is Cl.NC(CO)Cc1ccc(O)cc1. The maximum Gasteiger partial charge on any atom is 0.115 e. The first-order chi connectivity index (χ1) is 5.72. The molecular weight excluding hydrogens is 190 g/mol. The highest BCUT2D eigenvalue weighted by Crippen LogP contribution is 2.10.